The van der Waals surface area contributed by atoms with Crippen LogP contribution in [0, 0.1) is 11.7 Å². The van der Waals surface area contributed by atoms with E-state index in [2.05, 4.69) is 10.2 Å². The zero-order valence-electron chi connectivity index (χ0n) is 18.2. The van der Waals surface area contributed by atoms with Gasteiger partial charge in [-0.25, -0.2) is 4.39 Å². The lowest BCUT2D eigenvalue weighted by Crippen LogP contribution is -2.38. The number of likely N-dealkylation sites (tertiary alicyclic amines) is 1. The molecule has 6 nitrogen and oxygen atoms in total. The molecule has 2 aromatic carbocycles. The van der Waals surface area contributed by atoms with E-state index < -0.39 is 5.82 Å². The first kappa shape index (κ1) is 21.9. The smallest absolute Gasteiger partial charge is 0.221 e. The Labute approximate surface area is 186 Å². The fraction of sp³-hybridized carbons (Fsp3) is 0.320. The maximum Gasteiger partial charge on any atom is 0.221 e. The number of aromatic nitrogens is 1. The lowest BCUT2D eigenvalue weighted by molar-refractivity contribution is -0.114. The van der Waals surface area contributed by atoms with Gasteiger partial charge in [-0.15, -0.1) is 0 Å². The van der Waals surface area contributed by atoms with Gasteiger partial charge in [0.25, 0.3) is 0 Å². The van der Waals surface area contributed by atoms with Crippen molar-refractivity contribution in [1.29, 1.82) is 0 Å². The van der Waals surface area contributed by atoms with Crippen LogP contribution >= 0.6 is 0 Å². The Balaban J connectivity index is 1.47. The molecule has 0 bridgehead atoms. The second-order valence-corrected chi connectivity index (χ2v) is 8.14. The Hall–Kier alpha value is -3.32. The number of rotatable bonds is 6. The Morgan fingerprint density at radius 1 is 1.22 bits per heavy atom. The molecule has 1 N–H and O–H groups in total. The van der Waals surface area contributed by atoms with Crippen LogP contribution in [0.3, 0.4) is 0 Å². The first-order valence-corrected chi connectivity index (χ1v) is 10.7. The predicted octanol–water partition coefficient (Wildman–Crippen LogP) is 4.44. The van der Waals surface area contributed by atoms with Gasteiger partial charge in [-0.05, 0) is 61.9 Å². The molecule has 1 atom stereocenters. The van der Waals surface area contributed by atoms with Crippen LogP contribution in [0.25, 0.3) is 10.9 Å². The SMILES string of the molecule is COc1ccc(C(=O)C2CCCN(Cc3ccc4c(NC(C)=O)cccc4n3)C2)cc1F. The molecule has 166 valence electrons. The molecule has 4 rings (SSSR count). The Kier molecular flexibility index (Phi) is 6.46. The largest absolute Gasteiger partial charge is 0.494 e. The predicted molar refractivity (Wildman–Crippen MR) is 121 cm³/mol. The highest BCUT2D eigenvalue weighted by molar-refractivity contribution is 6.00. The monoisotopic (exact) mass is 435 g/mol. The quantitative estimate of drug-likeness (QED) is 0.580. The van der Waals surface area contributed by atoms with Gasteiger partial charge in [0.15, 0.2) is 17.3 Å². The molecule has 7 heteroatoms. The van der Waals surface area contributed by atoms with Gasteiger partial charge in [0.2, 0.25) is 5.91 Å². The number of piperidine rings is 1. The average molecular weight is 435 g/mol. The molecule has 2 heterocycles. The van der Waals surface area contributed by atoms with Crippen LogP contribution in [0.2, 0.25) is 0 Å². The zero-order valence-corrected chi connectivity index (χ0v) is 18.2. The van der Waals surface area contributed by atoms with E-state index >= 15 is 0 Å². The molecule has 1 fully saturated rings. The minimum Gasteiger partial charge on any atom is -0.494 e. The highest BCUT2D eigenvalue weighted by Crippen LogP contribution is 2.26. The van der Waals surface area contributed by atoms with Crippen molar-refractivity contribution in [3.8, 4) is 5.75 Å². The first-order valence-electron chi connectivity index (χ1n) is 10.7. The number of carbonyl (C=O) groups excluding carboxylic acids is 2. The molecule has 1 amide bonds. The van der Waals surface area contributed by atoms with Gasteiger partial charge in [-0.3, -0.25) is 19.5 Å². The molecule has 1 unspecified atom stereocenters. The van der Waals surface area contributed by atoms with Gasteiger partial charge in [0, 0.05) is 36.9 Å². The van der Waals surface area contributed by atoms with Crippen molar-refractivity contribution in [1.82, 2.24) is 9.88 Å². The van der Waals surface area contributed by atoms with Crippen LogP contribution in [-0.4, -0.2) is 41.8 Å². The van der Waals surface area contributed by atoms with E-state index in [-0.39, 0.29) is 23.4 Å². The van der Waals surface area contributed by atoms with E-state index in [4.69, 9.17) is 9.72 Å². The summed E-state index contributed by atoms with van der Waals surface area (Å²) in [7, 11) is 1.40. The molecule has 0 spiro atoms. The summed E-state index contributed by atoms with van der Waals surface area (Å²) in [5.74, 6) is -0.728. The molecular formula is C25H26FN3O3. The van der Waals surface area contributed by atoms with Gasteiger partial charge >= 0.3 is 0 Å². The minimum absolute atomic E-state index is 0.0392. The highest BCUT2D eigenvalue weighted by atomic mass is 19.1. The third kappa shape index (κ3) is 4.78. The second-order valence-electron chi connectivity index (χ2n) is 8.14. The van der Waals surface area contributed by atoms with Crippen molar-refractivity contribution in [3.63, 3.8) is 0 Å². The minimum atomic E-state index is -0.523. The molecule has 3 aromatic rings. The molecule has 1 saturated heterocycles. The number of methoxy groups -OCH3 is 1. The van der Waals surface area contributed by atoms with Crippen molar-refractivity contribution < 1.29 is 18.7 Å². The summed E-state index contributed by atoms with van der Waals surface area (Å²) >= 11 is 0. The normalized spacial score (nSPS) is 16.7. The van der Waals surface area contributed by atoms with E-state index in [1.54, 1.807) is 6.07 Å². The van der Waals surface area contributed by atoms with Crippen LogP contribution < -0.4 is 10.1 Å². The molecule has 1 aliphatic rings. The Morgan fingerprint density at radius 3 is 2.81 bits per heavy atom. The third-order valence-electron chi connectivity index (χ3n) is 5.80. The number of benzene rings is 2. The van der Waals surface area contributed by atoms with E-state index in [1.807, 2.05) is 30.3 Å². The number of nitrogens with zero attached hydrogens (tertiary/aromatic N) is 2. The number of anilines is 1. The Morgan fingerprint density at radius 2 is 2.06 bits per heavy atom. The molecule has 1 aliphatic heterocycles. The Bertz CT molecular complexity index is 1160. The summed E-state index contributed by atoms with van der Waals surface area (Å²) in [6.07, 6.45) is 1.68. The van der Waals surface area contributed by atoms with Crippen molar-refractivity contribution in [2.45, 2.75) is 26.3 Å². The van der Waals surface area contributed by atoms with E-state index in [0.717, 1.165) is 41.7 Å². The van der Waals surface area contributed by atoms with Crippen LogP contribution in [0.4, 0.5) is 10.1 Å². The van der Waals surface area contributed by atoms with Crippen LogP contribution in [0.5, 0.6) is 5.75 Å². The zero-order chi connectivity index (χ0) is 22.7. The van der Waals surface area contributed by atoms with Gasteiger partial charge in [-0.1, -0.05) is 6.07 Å². The van der Waals surface area contributed by atoms with E-state index in [9.17, 15) is 14.0 Å². The van der Waals surface area contributed by atoms with Crippen molar-refractivity contribution in [3.05, 3.63) is 65.6 Å². The first-order chi connectivity index (χ1) is 15.4. The van der Waals surface area contributed by atoms with Gasteiger partial charge in [0.1, 0.15) is 0 Å². The fourth-order valence-corrected chi connectivity index (χ4v) is 4.28. The molecule has 32 heavy (non-hydrogen) atoms. The summed E-state index contributed by atoms with van der Waals surface area (Å²) < 4.78 is 19.0. The van der Waals surface area contributed by atoms with E-state index in [0.29, 0.717) is 18.7 Å². The number of Topliss-reactive ketones (excluding diaryl/α,β-unsaturated/α-hetero) is 1. The second kappa shape index (κ2) is 9.44. The summed E-state index contributed by atoms with van der Waals surface area (Å²) in [6.45, 7) is 3.60. The van der Waals surface area contributed by atoms with Crippen LogP contribution in [-0.2, 0) is 11.3 Å². The number of carbonyl (C=O) groups is 2. The van der Waals surface area contributed by atoms with E-state index in [1.165, 1.54) is 26.2 Å². The van der Waals surface area contributed by atoms with Crippen molar-refractivity contribution >= 4 is 28.3 Å². The number of ether oxygens (including phenoxy) is 1. The maximum absolute atomic E-state index is 14.0. The molecule has 1 aromatic heterocycles. The standard InChI is InChI=1S/C25H26FN3O3/c1-16(30)27-22-6-3-7-23-20(22)10-9-19(28-23)15-29-12-4-5-18(14-29)25(31)17-8-11-24(32-2)21(26)13-17/h3,6-11,13,18H,4-5,12,14-15H2,1-2H3,(H,27,30). The highest BCUT2D eigenvalue weighted by Gasteiger charge is 2.27. The van der Waals surface area contributed by atoms with Crippen molar-refractivity contribution in [2.75, 3.05) is 25.5 Å². The summed E-state index contributed by atoms with van der Waals surface area (Å²) in [6, 6.07) is 14.0. The van der Waals surface area contributed by atoms with Crippen molar-refractivity contribution in [2.24, 2.45) is 5.92 Å². The van der Waals surface area contributed by atoms with Crippen LogP contribution in [0.1, 0.15) is 35.8 Å². The number of amides is 1. The molecule has 0 aliphatic carbocycles. The number of hydrogen-bond acceptors (Lipinski definition) is 5. The third-order valence-corrected chi connectivity index (χ3v) is 5.80. The maximum atomic E-state index is 14.0. The fourth-order valence-electron chi connectivity index (χ4n) is 4.28. The van der Waals surface area contributed by atoms with Crippen LogP contribution in [0.15, 0.2) is 48.5 Å². The number of nitrogens with one attached hydrogen (secondary N) is 1. The summed E-state index contributed by atoms with van der Waals surface area (Å²) in [4.78, 5) is 31.4. The lowest BCUT2D eigenvalue weighted by Gasteiger charge is -2.31. The van der Waals surface area contributed by atoms with Gasteiger partial charge in [0.05, 0.1) is 24.0 Å². The van der Waals surface area contributed by atoms with Gasteiger partial charge in [-0.2, -0.15) is 0 Å². The topological polar surface area (TPSA) is 71.5 Å². The number of halogens is 1. The lowest BCUT2D eigenvalue weighted by atomic mass is 9.90. The number of hydrogen-bond donors (Lipinski definition) is 1. The molecule has 0 saturated carbocycles. The molecular weight excluding hydrogens is 409 g/mol. The summed E-state index contributed by atoms with van der Waals surface area (Å²) in [5, 5.41) is 3.72. The molecule has 0 radical (unpaired) electrons. The number of fused-ring (bicyclic) bond motifs is 1. The summed E-state index contributed by atoms with van der Waals surface area (Å²) in [5.41, 5.74) is 2.84. The average Bonchev–Trinajstić information content (AvgIpc) is 2.78. The number of pyridine rings is 1. The number of ketones is 1. The van der Waals surface area contributed by atoms with Gasteiger partial charge < -0.3 is 10.1 Å².